The van der Waals surface area contributed by atoms with Crippen LogP contribution in [0.15, 0.2) is 48.7 Å². The van der Waals surface area contributed by atoms with E-state index in [1.807, 2.05) is 43.3 Å². The molecule has 1 aromatic carbocycles. The molecule has 2 heterocycles. The van der Waals surface area contributed by atoms with Crippen LogP contribution in [0.3, 0.4) is 0 Å². The maximum Gasteiger partial charge on any atom is 0.325 e. The lowest BCUT2D eigenvalue weighted by Gasteiger charge is -2.12. The lowest BCUT2D eigenvalue weighted by atomic mass is 10.2. The predicted octanol–water partition coefficient (Wildman–Crippen LogP) is 2.41. The lowest BCUT2D eigenvalue weighted by Crippen LogP contribution is -2.43. The summed E-state index contributed by atoms with van der Waals surface area (Å²) in [5.74, 6) is -0.832. The van der Waals surface area contributed by atoms with Gasteiger partial charge in [-0.05, 0) is 30.2 Å². The monoisotopic (exact) mass is 369 g/mol. The lowest BCUT2D eigenvalue weighted by molar-refractivity contribution is -0.146. The number of amides is 1. The van der Waals surface area contributed by atoms with Crippen LogP contribution in [0.25, 0.3) is 10.2 Å². The number of aryl methyl sites for hydroxylation is 1. The third kappa shape index (κ3) is 4.25. The maximum absolute atomic E-state index is 12.3. The number of ether oxygens (including phenoxy) is 1. The molecule has 0 fully saturated rings. The highest BCUT2D eigenvalue weighted by Crippen LogP contribution is 2.26. The van der Waals surface area contributed by atoms with Crippen LogP contribution in [0, 0.1) is 6.92 Å². The zero-order valence-electron chi connectivity index (χ0n) is 14.3. The summed E-state index contributed by atoms with van der Waals surface area (Å²) in [5, 5.41) is 2.68. The van der Waals surface area contributed by atoms with E-state index >= 15 is 0 Å². The van der Waals surface area contributed by atoms with E-state index in [9.17, 15) is 9.59 Å². The van der Waals surface area contributed by atoms with Crippen LogP contribution in [0.1, 0.15) is 20.8 Å². The molecule has 134 valence electrons. The van der Waals surface area contributed by atoms with E-state index in [0.717, 1.165) is 21.3 Å². The second kappa shape index (κ2) is 8.07. The fourth-order valence-corrected chi connectivity index (χ4v) is 3.39. The molecule has 0 radical (unpaired) electrons. The highest BCUT2D eigenvalue weighted by Gasteiger charge is 2.18. The first-order valence-corrected chi connectivity index (χ1v) is 8.96. The fourth-order valence-electron chi connectivity index (χ4n) is 2.39. The van der Waals surface area contributed by atoms with Gasteiger partial charge in [0.2, 0.25) is 0 Å². The first-order chi connectivity index (χ1) is 12.5. The number of hydrogen-bond acceptors (Lipinski definition) is 6. The molecule has 1 amide bonds. The summed E-state index contributed by atoms with van der Waals surface area (Å²) in [7, 11) is 0. The van der Waals surface area contributed by atoms with Gasteiger partial charge >= 0.3 is 5.97 Å². The number of rotatable bonds is 6. The molecule has 2 aromatic heterocycles. The van der Waals surface area contributed by atoms with E-state index in [1.54, 1.807) is 12.3 Å². The van der Waals surface area contributed by atoms with Crippen molar-refractivity contribution >= 4 is 33.4 Å². The highest BCUT2D eigenvalue weighted by molar-refractivity contribution is 7.21. The number of thiophene rings is 1. The van der Waals surface area contributed by atoms with E-state index in [1.165, 1.54) is 11.3 Å². The van der Waals surface area contributed by atoms with Gasteiger partial charge in [-0.15, -0.1) is 11.3 Å². The standard InChI is InChI=1S/C19H19N3O3S/c1-12-7-8-21-15-9-16(26-17(12)15)18(23)22-10-14(20)19(24)25-11-13-5-3-2-4-6-13/h2-9,14H,10-11,20H2,1H3,(H,22,23)/t14-/m1/s1. The number of esters is 1. The summed E-state index contributed by atoms with van der Waals surface area (Å²) in [5.41, 5.74) is 8.54. The third-order valence-corrected chi connectivity index (χ3v) is 5.10. The molecule has 0 spiro atoms. The van der Waals surface area contributed by atoms with Crippen LogP contribution in [-0.2, 0) is 16.1 Å². The summed E-state index contributed by atoms with van der Waals surface area (Å²) in [4.78, 5) is 29.0. The van der Waals surface area contributed by atoms with Gasteiger partial charge in [0.15, 0.2) is 0 Å². The first-order valence-electron chi connectivity index (χ1n) is 8.14. The number of pyridine rings is 1. The Morgan fingerprint density at radius 2 is 2.04 bits per heavy atom. The van der Waals surface area contributed by atoms with Gasteiger partial charge in [-0.25, -0.2) is 0 Å². The van der Waals surface area contributed by atoms with Gasteiger partial charge in [0.05, 0.1) is 15.1 Å². The second-order valence-corrected chi connectivity index (χ2v) is 6.91. The van der Waals surface area contributed by atoms with Crippen LogP contribution in [0.4, 0.5) is 0 Å². The number of benzene rings is 1. The zero-order valence-corrected chi connectivity index (χ0v) is 15.1. The Balaban J connectivity index is 1.52. The van der Waals surface area contributed by atoms with E-state index in [0.29, 0.717) is 4.88 Å². The Labute approximate surface area is 155 Å². The Morgan fingerprint density at radius 3 is 2.77 bits per heavy atom. The molecule has 0 saturated carbocycles. The van der Waals surface area contributed by atoms with Crippen LogP contribution in [0.2, 0.25) is 0 Å². The number of aromatic nitrogens is 1. The van der Waals surface area contributed by atoms with Crippen molar-refractivity contribution < 1.29 is 14.3 Å². The van der Waals surface area contributed by atoms with Crippen molar-refractivity contribution in [2.24, 2.45) is 5.73 Å². The molecule has 6 nitrogen and oxygen atoms in total. The van der Waals surface area contributed by atoms with Gasteiger partial charge in [-0.1, -0.05) is 30.3 Å². The normalized spacial score (nSPS) is 11.9. The molecule has 0 unspecified atom stereocenters. The van der Waals surface area contributed by atoms with Crippen molar-refractivity contribution in [2.45, 2.75) is 19.6 Å². The van der Waals surface area contributed by atoms with Crippen molar-refractivity contribution in [3.8, 4) is 0 Å². The van der Waals surface area contributed by atoms with Gasteiger partial charge in [-0.3, -0.25) is 14.6 Å². The van der Waals surface area contributed by atoms with Gasteiger partial charge in [0.1, 0.15) is 12.6 Å². The van der Waals surface area contributed by atoms with Crippen LogP contribution in [-0.4, -0.2) is 29.4 Å². The van der Waals surface area contributed by atoms with Gasteiger partial charge < -0.3 is 15.8 Å². The number of hydrogen-bond donors (Lipinski definition) is 2. The van der Waals surface area contributed by atoms with E-state index in [4.69, 9.17) is 10.5 Å². The second-order valence-electron chi connectivity index (χ2n) is 5.86. The molecule has 26 heavy (non-hydrogen) atoms. The molecule has 3 N–H and O–H groups in total. The molecule has 1 atom stereocenters. The Bertz CT molecular complexity index is 924. The quantitative estimate of drug-likeness (QED) is 0.651. The Kier molecular flexibility index (Phi) is 5.60. The number of nitrogens with zero attached hydrogens (tertiary/aromatic N) is 1. The summed E-state index contributed by atoms with van der Waals surface area (Å²) in [6.45, 7) is 2.14. The highest BCUT2D eigenvalue weighted by atomic mass is 32.1. The number of carbonyl (C=O) groups excluding carboxylic acids is 2. The van der Waals surface area contributed by atoms with E-state index in [-0.39, 0.29) is 19.1 Å². The molecular formula is C19H19N3O3S. The zero-order chi connectivity index (χ0) is 18.5. The Hall–Kier alpha value is -2.77. The largest absolute Gasteiger partial charge is 0.460 e. The fraction of sp³-hybridized carbons (Fsp3) is 0.211. The topological polar surface area (TPSA) is 94.3 Å². The van der Waals surface area contributed by atoms with Crippen molar-refractivity contribution in [3.63, 3.8) is 0 Å². The SMILES string of the molecule is Cc1ccnc2cc(C(=O)NC[C@@H](N)C(=O)OCc3ccccc3)sc12. The molecule has 0 saturated heterocycles. The minimum atomic E-state index is -0.920. The van der Waals surface area contributed by atoms with E-state index in [2.05, 4.69) is 10.3 Å². The van der Waals surface area contributed by atoms with Crippen LogP contribution in [0.5, 0.6) is 0 Å². The van der Waals surface area contributed by atoms with Crippen molar-refractivity contribution in [2.75, 3.05) is 6.54 Å². The third-order valence-electron chi connectivity index (χ3n) is 3.84. The van der Waals surface area contributed by atoms with Crippen molar-refractivity contribution in [3.05, 3.63) is 64.7 Å². The molecule has 3 rings (SSSR count). The summed E-state index contributed by atoms with van der Waals surface area (Å²) in [6.07, 6.45) is 1.71. The molecule has 3 aromatic rings. The number of fused-ring (bicyclic) bond motifs is 1. The van der Waals surface area contributed by atoms with Crippen LogP contribution < -0.4 is 11.1 Å². The number of carbonyl (C=O) groups is 2. The average molecular weight is 369 g/mol. The average Bonchev–Trinajstić information content (AvgIpc) is 3.10. The Morgan fingerprint density at radius 1 is 1.27 bits per heavy atom. The molecule has 0 aliphatic carbocycles. The van der Waals surface area contributed by atoms with Gasteiger partial charge in [0, 0.05) is 12.7 Å². The van der Waals surface area contributed by atoms with Crippen molar-refractivity contribution in [1.29, 1.82) is 0 Å². The molecular weight excluding hydrogens is 350 g/mol. The molecule has 0 bridgehead atoms. The van der Waals surface area contributed by atoms with Crippen LogP contribution >= 0.6 is 11.3 Å². The summed E-state index contributed by atoms with van der Waals surface area (Å²) < 4.78 is 6.15. The summed E-state index contributed by atoms with van der Waals surface area (Å²) >= 11 is 1.37. The number of nitrogens with one attached hydrogen (secondary N) is 1. The van der Waals surface area contributed by atoms with E-state index < -0.39 is 12.0 Å². The minimum absolute atomic E-state index is 0.00706. The molecule has 0 aliphatic rings. The predicted molar refractivity (Wildman–Crippen MR) is 101 cm³/mol. The first kappa shape index (κ1) is 18.0. The number of nitrogens with two attached hydrogens (primary N) is 1. The summed E-state index contributed by atoms with van der Waals surface area (Å²) in [6, 6.07) is 12.1. The maximum atomic E-state index is 12.3. The smallest absolute Gasteiger partial charge is 0.325 e. The van der Waals surface area contributed by atoms with Crippen molar-refractivity contribution in [1.82, 2.24) is 10.3 Å². The van der Waals surface area contributed by atoms with Gasteiger partial charge in [-0.2, -0.15) is 0 Å². The molecule has 0 aliphatic heterocycles. The molecule has 7 heteroatoms. The minimum Gasteiger partial charge on any atom is -0.460 e. The van der Waals surface area contributed by atoms with Gasteiger partial charge in [0.25, 0.3) is 5.91 Å².